The molecule has 1 unspecified atom stereocenters. The molecule has 2 rings (SSSR count). The van der Waals surface area contributed by atoms with Crippen LogP contribution in [0.15, 0.2) is 0 Å². The zero-order valence-electron chi connectivity index (χ0n) is 12.5. The minimum Gasteiger partial charge on any atom is -0.379 e. The second-order valence-electron chi connectivity index (χ2n) is 5.87. The first-order valence-corrected chi connectivity index (χ1v) is 7.02. The summed E-state index contributed by atoms with van der Waals surface area (Å²) in [4.78, 5) is 16.5. The van der Waals surface area contributed by atoms with Crippen LogP contribution in [0, 0.1) is 5.41 Å². The van der Waals surface area contributed by atoms with Gasteiger partial charge in [0.1, 0.15) is 0 Å². The molecule has 0 aromatic rings. The molecular weight excluding hydrogens is 228 g/mol. The van der Waals surface area contributed by atoms with Gasteiger partial charge in [-0.2, -0.15) is 0 Å². The predicted octanol–water partition coefficient (Wildman–Crippen LogP) is 1.60. The van der Waals surface area contributed by atoms with Crippen molar-refractivity contribution in [2.45, 2.75) is 40.2 Å². The first kappa shape index (κ1) is 15.4. The second-order valence-corrected chi connectivity index (χ2v) is 5.87. The lowest BCUT2D eigenvalue weighted by Gasteiger charge is -2.45. The molecule has 2 fully saturated rings. The molecule has 0 aliphatic carbocycles. The molecule has 0 spiro atoms. The average molecular weight is 256 g/mol. The molecule has 4 nitrogen and oxygen atoms in total. The van der Waals surface area contributed by atoms with E-state index >= 15 is 0 Å². The smallest absolute Gasteiger partial charge is 0.233 e. The van der Waals surface area contributed by atoms with Crippen molar-refractivity contribution >= 4 is 5.91 Å². The number of amides is 1. The molecule has 2 aliphatic heterocycles. The second kappa shape index (κ2) is 6.53. The van der Waals surface area contributed by atoms with E-state index in [1.165, 1.54) is 6.42 Å². The number of nitrogens with zero attached hydrogens (tertiary/aromatic N) is 2. The van der Waals surface area contributed by atoms with Gasteiger partial charge in [-0.05, 0) is 20.9 Å². The van der Waals surface area contributed by atoms with Crippen molar-refractivity contribution in [1.29, 1.82) is 0 Å². The standard InChI is InChI=1S/C11H20N2O2.C3H8/c1-9-6-12(3)4-5-13(9)10(14)11(2)7-15-8-11;1-3-2/h9H,4-8H2,1-3H3;3H2,1-2H3. The van der Waals surface area contributed by atoms with Gasteiger partial charge in [-0.25, -0.2) is 0 Å². The Morgan fingerprint density at radius 2 is 1.89 bits per heavy atom. The molecule has 1 amide bonds. The highest BCUT2D eigenvalue weighted by atomic mass is 16.5. The molecule has 4 heteroatoms. The SMILES string of the molecule is CC1CN(C)CCN1C(=O)C1(C)COC1.CCC. The molecule has 1 atom stereocenters. The molecule has 0 bridgehead atoms. The molecule has 2 saturated heterocycles. The van der Waals surface area contributed by atoms with Crippen molar-refractivity contribution in [3.63, 3.8) is 0 Å². The van der Waals surface area contributed by atoms with Crippen LogP contribution in [0.1, 0.15) is 34.1 Å². The number of hydrogen-bond acceptors (Lipinski definition) is 3. The van der Waals surface area contributed by atoms with Crippen molar-refractivity contribution in [2.75, 3.05) is 39.9 Å². The normalized spacial score (nSPS) is 26.9. The highest BCUT2D eigenvalue weighted by Gasteiger charge is 2.45. The number of piperazine rings is 1. The summed E-state index contributed by atoms with van der Waals surface area (Å²) in [6.07, 6.45) is 1.25. The topological polar surface area (TPSA) is 32.8 Å². The van der Waals surface area contributed by atoms with Crippen molar-refractivity contribution in [3.8, 4) is 0 Å². The van der Waals surface area contributed by atoms with Crippen LogP contribution in [0.4, 0.5) is 0 Å². The summed E-state index contributed by atoms with van der Waals surface area (Å²) in [7, 11) is 2.10. The van der Waals surface area contributed by atoms with Gasteiger partial charge in [-0.15, -0.1) is 0 Å². The largest absolute Gasteiger partial charge is 0.379 e. The molecule has 0 radical (unpaired) electrons. The van der Waals surface area contributed by atoms with E-state index in [-0.39, 0.29) is 11.3 Å². The van der Waals surface area contributed by atoms with E-state index < -0.39 is 0 Å². The fourth-order valence-electron chi connectivity index (χ4n) is 2.32. The monoisotopic (exact) mass is 256 g/mol. The number of carbonyl (C=O) groups excluding carboxylic acids is 1. The quantitative estimate of drug-likeness (QED) is 0.714. The fraction of sp³-hybridized carbons (Fsp3) is 0.929. The van der Waals surface area contributed by atoms with Crippen LogP contribution < -0.4 is 0 Å². The van der Waals surface area contributed by atoms with Gasteiger partial charge in [-0.1, -0.05) is 20.3 Å². The van der Waals surface area contributed by atoms with Gasteiger partial charge in [0.2, 0.25) is 5.91 Å². The van der Waals surface area contributed by atoms with Gasteiger partial charge >= 0.3 is 0 Å². The molecule has 18 heavy (non-hydrogen) atoms. The Morgan fingerprint density at radius 3 is 2.28 bits per heavy atom. The Labute approximate surface area is 111 Å². The van der Waals surface area contributed by atoms with Crippen molar-refractivity contribution in [3.05, 3.63) is 0 Å². The minimum absolute atomic E-state index is 0.246. The lowest BCUT2D eigenvalue weighted by atomic mass is 9.86. The maximum atomic E-state index is 12.2. The zero-order chi connectivity index (χ0) is 13.8. The van der Waals surface area contributed by atoms with Gasteiger partial charge < -0.3 is 14.5 Å². The summed E-state index contributed by atoms with van der Waals surface area (Å²) in [5.41, 5.74) is -0.246. The molecule has 0 N–H and O–H groups in total. The third-order valence-electron chi connectivity index (χ3n) is 3.45. The summed E-state index contributed by atoms with van der Waals surface area (Å²) in [5, 5.41) is 0. The Balaban J connectivity index is 0.000000492. The van der Waals surface area contributed by atoms with Gasteiger partial charge in [0, 0.05) is 25.7 Å². The van der Waals surface area contributed by atoms with E-state index in [1.807, 2.05) is 11.8 Å². The number of likely N-dealkylation sites (N-methyl/N-ethyl adjacent to an activating group) is 1. The van der Waals surface area contributed by atoms with Crippen LogP contribution in [0.5, 0.6) is 0 Å². The highest BCUT2D eigenvalue weighted by molar-refractivity contribution is 5.83. The Morgan fingerprint density at radius 1 is 1.33 bits per heavy atom. The van der Waals surface area contributed by atoms with Gasteiger partial charge in [-0.3, -0.25) is 4.79 Å². The average Bonchev–Trinajstić information content (AvgIpc) is 2.26. The molecule has 0 aromatic heterocycles. The summed E-state index contributed by atoms with van der Waals surface area (Å²) in [6, 6.07) is 0.327. The first-order valence-electron chi connectivity index (χ1n) is 7.02. The van der Waals surface area contributed by atoms with Crippen molar-refractivity contribution in [1.82, 2.24) is 9.80 Å². The molecule has 2 heterocycles. The fourth-order valence-corrected chi connectivity index (χ4v) is 2.32. The third-order valence-corrected chi connectivity index (χ3v) is 3.45. The molecule has 2 aliphatic rings. The van der Waals surface area contributed by atoms with Crippen LogP contribution in [-0.4, -0.2) is 61.6 Å². The number of carbonyl (C=O) groups is 1. The summed E-state index contributed by atoms with van der Waals surface area (Å²) < 4.78 is 5.15. The predicted molar refractivity (Wildman–Crippen MR) is 73.6 cm³/mol. The highest BCUT2D eigenvalue weighted by Crippen LogP contribution is 2.30. The molecule has 0 aromatic carbocycles. The lowest BCUT2D eigenvalue weighted by Crippen LogP contribution is -2.60. The van der Waals surface area contributed by atoms with Gasteiger partial charge in [0.05, 0.1) is 18.6 Å². The number of ether oxygens (including phenoxy) is 1. The van der Waals surface area contributed by atoms with Gasteiger partial charge in [0.25, 0.3) is 0 Å². The Kier molecular flexibility index (Phi) is 5.60. The summed E-state index contributed by atoms with van der Waals surface area (Å²) >= 11 is 0. The van der Waals surface area contributed by atoms with Crippen LogP contribution in [-0.2, 0) is 9.53 Å². The third kappa shape index (κ3) is 3.45. The Bertz CT molecular complexity index is 277. The van der Waals surface area contributed by atoms with E-state index in [1.54, 1.807) is 0 Å². The lowest BCUT2D eigenvalue weighted by molar-refractivity contribution is -0.172. The van der Waals surface area contributed by atoms with Gasteiger partial charge in [0.15, 0.2) is 0 Å². The number of rotatable bonds is 1. The van der Waals surface area contributed by atoms with E-state index in [4.69, 9.17) is 4.74 Å². The van der Waals surface area contributed by atoms with Crippen molar-refractivity contribution < 1.29 is 9.53 Å². The van der Waals surface area contributed by atoms with E-state index in [0.717, 1.165) is 19.6 Å². The zero-order valence-corrected chi connectivity index (χ0v) is 12.5. The molecule has 0 saturated carbocycles. The first-order chi connectivity index (χ1) is 8.44. The summed E-state index contributed by atoms with van der Waals surface area (Å²) in [5.74, 6) is 0.273. The van der Waals surface area contributed by atoms with E-state index in [0.29, 0.717) is 19.3 Å². The Hall–Kier alpha value is -0.610. The minimum atomic E-state index is -0.246. The molecular formula is C14H28N2O2. The summed E-state index contributed by atoms with van der Waals surface area (Å²) in [6.45, 7) is 12.4. The number of hydrogen-bond donors (Lipinski definition) is 0. The maximum absolute atomic E-state index is 12.2. The van der Waals surface area contributed by atoms with Crippen LogP contribution in [0.2, 0.25) is 0 Å². The maximum Gasteiger partial charge on any atom is 0.233 e. The van der Waals surface area contributed by atoms with Crippen LogP contribution >= 0.6 is 0 Å². The van der Waals surface area contributed by atoms with Crippen LogP contribution in [0.3, 0.4) is 0 Å². The van der Waals surface area contributed by atoms with E-state index in [9.17, 15) is 4.79 Å². The molecule has 106 valence electrons. The van der Waals surface area contributed by atoms with E-state index in [2.05, 4.69) is 32.7 Å². The van der Waals surface area contributed by atoms with Crippen LogP contribution in [0.25, 0.3) is 0 Å². The van der Waals surface area contributed by atoms with Crippen molar-refractivity contribution in [2.24, 2.45) is 5.41 Å².